The van der Waals surface area contributed by atoms with Crippen molar-refractivity contribution in [1.29, 1.82) is 0 Å². The Morgan fingerprint density at radius 1 is 1.11 bits per heavy atom. The fourth-order valence-corrected chi connectivity index (χ4v) is 2.08. The third-order valence-electron chi connectivity index (χ3n) is 3.66. The number of phenols is 1. The molecule has 0 aromatic heterocycles. The number of Topliss-reactive ketones (excluding diaryl/α,β-unsaturated/α-hetero) is 1. The van der Waals surface area contributed by atoms with Gasteiger partial charge in [-0.25, -0.2) is 0 Å². The fraction of sp³-hybridized carbons (Fsp3) is 0.467. The van der Waals surface area contributed by atoms with E-state index in [4.69, 9.17) is 4.84 Å². The second kappa shape index (κ2) is 5.87. The highest BCUT2D eigenvalue weighted by molar-refractivity contribution is 6.47. The molecule has 4 nitrogen and oxygen atoms in total. The van der Waals surface area contributed by atoms with Crippen LogP contribution in [0.4, 0.5) is 0 Å². The van der Waals surface area contributed by atoms with Crippen molar-refractivity contribution in [1.82, 2.24) is 0 Å². The molecule has 0 saturated carbocycles. The monoisotopic (exact) mass is 263 g/mol. The summed E-state index contributed by atoms with van der Waals surface area (Å²) >= 11 is 0. The highest BCUT2D eigenvalue weighted by Gasteiger charge is 2.23. The lowest BCUT2D eigenvalue weighted by Gasteiger charge is -2.17. The first-order valence-corrected chi connectivity index (χ1v) is 6.30. The molecule has 0 aliphatic heterocycles. The van der Waals surface area contributed by atoms with Gasteiger partial charge in [-0.2, -0.15) is 0 Å². The minimum Gasteiger partial charge on any atom is -0.507 e. The van der Waals surface area contributed by atoms with E-state index in [1.54, 1.807) is 6.92 Å². The lowest BCUT2D eigenvalue weighted by Crippen LogP contribution is -2.18. The Bertz CT molecular complexity index is 516. The lowest BCUT2D eigenvalue weighted by atomic mass is 9.89. The van der Waals surface area contributed by atoms with E-state index in [2.05, 4.69) is 5.16 Å². The number of carbonyl (C=O) groups is 1. The van der Waals surface area contributed by atoms with Gasteiger partial charge in [-0.15, -0.1) is 0 Å². The summed E-state index contributed by atoms with van der Waals surface area (Å²) in [6.07, 6.45) is 0.313. The standard InChI is InChI=1S/C15H21NO3/c1-7-12(17)14(16-19-6)13-10(4)8(2)9(3)11(5)15(13)18/h18H,7H2,1-6H3/b16-14-. The van der Waals surface area contributed by atoms with Gasteiger partial charge in [0.2, 0.25) is 0 Å². The van der Waals surface area contributed by atoms with E-state index in [1.807, 2.05) is 27.7 Å². The maximum absolute atomic E-state index is 12.0. The van der Waals surface area contributed by atoms with Gasteiger partial charge in [0.05, 0.1) is 5.56 Å². The molecule has 4 heteroatoms. The third kappa shape index (κ3) is 2.62. The van der Waals surface area contributed by atoms with Gasteiger partial charge in [0.1, 0.15) is 12.9 Å². The number of nitrogens with zero attached hydrogens (tertiary/aromatic N) is 1. The number of aromatic hydroxyl groups is 1. The Hall–Kier alpha value is -1.84. The molecular weight excluding hydrogens is 242 g/mol. The zero-order chi connectivity index (χ0) is 14.7. The zero-order valence-corrected chi connectivity index (χ0v) is 12.4. The van der Waals surface area contributed by atoms with Crippen LogP contribution in [0.2, 0.25) is 0 Å². The molecule has 0 amide bonds. The van der Waals surface area contributed by atoms with Gasteiger partial charge in [0.15, 0.2) is 11.5 Å². The number of phenolic OH excluding ortho intramolecular Hbond substituents is 1. The molecule has 1 rings (SSSR count). The van der Waals surface area contributed by atoms with E-state index in [1.165, 1.54) is 7.11 Å². The van der Waals surface area contributed by atoms with E-state index < -0.39 is 0 Å². The van der Waals surface area contributed by atoms with Crippen molar-refractivity contribution in [2.75, 3.05) is 7.11 Å². The van der Waals surface area contributed by atoms with Gasteiger partial charge in [0.25, 0.3) is 0 Å². The molecule has 1 aromatic rings. The fourth-order valence-electron chi connectivity index (χ4n) is 2.08. The summed E-state index contributed by atoms with van der Waals surface area (Å²) in [7, 11) is 1.39. The van der Waals surface area contributed by atoms with Crippen molar-refractivity contribution in [3.8, 4) is 5.75 Å². The van der Waals surface area contributed by atoms with Crippen molar-refractivity contribution in [3.05, 3.63) is 27.8 Å². The molecular formula is C15H21NO3. The predicted octanol–water partition coefficient (Wildman–Crippen LogP) is 2.96. The van der Waals surface area contributed by atoms with Crippen LogP contribution in [0.15, 0.2) is 5.16 Å². The summed E-state index contributed by atoms with van der Waals surface area (Å²) in [6.45, 7) is 9.40. The quantitative estimate of drug-likeness (QED) is 0.671. The number of hydrogen-bond donors (Lipinski definition) is 1. The first-order valence-electron chi connectivity index (χ1n) is 6.30. The summed E-state index contributed by atoms with van der Waals surface area (Å²) in [5, 5.41) is 14.1. The van der Waals surface area contributed by atoms with Crippen LogP contribution < -0.4 is 0 Å². The second-order valence-electron chi connectivity index (χ2n) is 4.62. The number of carbonyl (C=O) groups excluding carboxylic acids is 1. The maximum atomic E-state index is 12.0. The van der Waals surface area contributed by atoms with Crippen molar-refractivity contribution in [3.63, 3.8) is 0 Å². The van der Waals surface area contributed by atoms with Crippen LogP contribution in [0.1, 0.15) is 41.2 Å². The molecule has 0 unspecified atom stereocenters. The summed E-state index contributed by atoms with van der Waals surface area (Å²) in [4.78, 5) is 16.7. The maximum Gasteiger partial charge on any atom is 0.185 e. The van der Waals surface area contributed by atoms with E-state index >= 15 is 0 Å². The largest absolute Gasteiger partial charge is 0.507 e. The van der Waals surface area contributed by atoms with Crippen LogP contribution in [0.5, 0.6) is 5.75 Å². The molecule has 1 aromatic carbocycles. The number of hydrogen-bond acceptors (Lipinski definition) is 4. The topological polar surface area (TPSA) is 58.9 Å². The summed E-state index contributed by atoms with van der Waals surface area (Å²) in [6, 6.07) is 0. The molecule has 0 spiro atoms. The van der Waals surface area contributed by atoms with E-state index in [0.29, 0.717) is 12.0 Å². The van der Waals surface area contributed by atoms with Gasteiger partial charge in [-0.3, -0.25) is 4.79 Å². The average Bonchev–Trinajstić information content (AvgIpc) is 2.41. The Morgan fingerprint density at radius 2 is 1.63 bits per heavy atom. The van der Waals surface area contributed by atoms with E-state index in [-0.39, 0.29) is 17.2 Å². The van der Waals surface area contributed by atoms with E-state index in [9.17, 15) is 9.90 Å². The smallest absolute Gasteiger partial charge is 0.185 e. The highest BCUT2D eigenvalue weighted by atomic mass is 16.6. The first-order chi connectivity index (χ1) is 8.86. The van der Waals surface area contributed by atoms with Gasteiger partial charge in [0, 0.05) is 6.42 Å². The Labute approximate surface area is 114 Å². The van der Waals surface area contributed by atoms with Crippen LogP contribution in [-0.2, 0) is 9.63 Å². The molecule has 0 atom stereocenters. The van der Waals surface area contributed by atoms with Crippen molar-refractivity contribution in [2.24, 2.45) is 5.16 Å². The van der Waals surface area contributed by atoms with Crippen LogP contribution in [0.25, 0.3) is 0 Å². The molecule has 0 aliphatic rings. The number of ketones is 1. The molecule has 19 heavy (non-hydrogen) atoms. The normalized spacial score (nSPS) is 11.6. The number of rotatable bonds is 4. The molecule has 0 radical (unpaired) electrons. The number of oxime groups is 1. The minimum atomic E-state index is -0.150. The Morgan fingerprint density at radius 3 is 2.11 bits per heavy atom. The van der Waals surface area contributed by atoms with Gasteiger partial charge >= 0.3 is 0 Å². The van der Waals surface area contributed by atoms with Crippen LogP contribution in [0, 0.1) is 27.7 Å². The Balaban J connectivity index is 3.66. The Kier molecular flexibility index (Phi) is 4.70. The summed E-state index contributed by atoms with van der Waals surface area (Å²) < 4.78 is 0. The van der Waals surface area contributed by atoms with Crippen molar-refractivity contribution >= 4 is 11.5 Å². The molecule has 0 aliphatic carbocycles. The van der Waals surface area contributed by atoms with Crippen LogP contribution >= 0.6 is 0 Å². The zero-order valence-electron chi connectivity index (χ0n) is 12.4. The van der Waals surface area contributed by atoms with Crippen molar-refractivity contribution in [2.45, 2.75) is 41.0 Å². The average molecular weight is 263 g/mol. The van der Waals surface area contributed by atoms with Crippen LogP contribution in [0.3, 0.4) is 0 Å². The van der Waals surface area contributed by atoms with Crippen LogP contribution in [-0.4, -0.2) is 23.7 Å². The second-order valence-corrected chi connectivity index (χ2v) is 4.62. The van der Waals surface area contributed by atoms with Crippen molar-refractivity contribution < 1.29 is 14.7 Å². The van der Waals surface area contributed by atoms with Gasteiger partial charge < -0.3 is 9.94 Å². The van der Waals surface area contributed by atoms with E-state index in [0.717, 1.165) is 22.3 Å². The molecule has 0 saturated heterocycles. The van der Waals surface area contributed by atoms with Gasteiger partial charge in [-0.05, 0) is 49.9 Å². The van der Waals surface area contributed by atoms with Gasteiger partial charge in [-0.1, -0.05) is 12.1 Å². The molecule has 0 fully saturated rings. The molecule has 0 heterocycles. The first kappa shape index (κ1) is 15.2. The molecule has 1 N–H and O–H groups in total. The summed E-state index contributed by atoms with van der Waals surface area (Å²) in [5.74, 6) is -0.0406. The SMILES string of the molecule is CCC(=O)/C(=N/OC)c1c(C)c(C)c(C)c(C)c1O. The predicted molar refractivity (Wildman–Crippen MR) is 75.9 cm³/mol. The summed E-state index contributed by atoms with van der Waals surface area (Å²) in [5.41, 5.74) is 4.38. The molecule has 0 bridgehead atoms. The molecule has 104 valence electrons. The third-order valence-corrected chi connectivity index (χ3v) is 3.66. The number of benzene rings is 1. The lowest BCUT2D eigenvalue weighted by molar-refractivity contribution is -0.112. The minimum absolute atomic E-state index is 0.109. The highest BCUT2D eigenvalue weighted by Crippen LogP contribution is 2.32.